The number of amides is 1. The predicted octanol–water partition coefficient (Wildman–Crippen LogP) is 3.08. The summed E-state index contributed by atoms with van der Waals surface area (Å²) in [5, 5.41) is 3.15. The normalized spacial score (nSPS) is 22.6. The molecule has 0 spiro atoms. The molecule has 0 radical (unpaired) electrons. The molecule has 3 nitrogen and oxygen atoms in total. The van der Waals surface area contributed by atoms with Gasteiger partial charge in [0.1, 0.15) is 5.75 Å². The van der Waals surface area contributed by atoms with Crippen LogP contribution in [0.4, 0.5) is 0 Å². The molecular weight excluding hydrogens is 238 g/mol. The Labute approximate surface area is 115 Å². The van der Waals surface area contributed by atoms with Crippen LogP contribution in [0.25, 0.3) is 0 Å². The Morgan fingerprint density at radius 3 is 2.68 bits per heavy atom. The van der Waals surface area contributed by atoms with Crippen LogP contribution < -0.4 is 10.1 Å². The van der Waals surface area contributed by atoms with Crippen molar-refractivity contribution < 1.29 is 9.53 Å². The molecule has 2 rings (SSSR count). The number of nitrogens with one attached hydrogen (secondary N) is 1. The first kappa shape index (κ1) is 13.9. The van der Waals surface area contributed by atoms with E-state index >= 15 is 0 Å². The van der Waals surface area contributed by atoms with Gasteiger partial charge in [0, 0.05) is 12.0 Å². The lowest BCUT2D eigenvalue weighted by molar-refractivity contribution is -0.119. The van der Waals surface area contributed by atoms with Crippen molar-refractivity contribution in [3.8, 4) is 5.75 Å². The molecule has 0 saturated carbocycles. The maximum absolute atomic E-state index is 11.5. The first-order valence-corrected chi connectivity index (χ1v) is 7.10. The lowest BCUT2D eigenvalue weighted by Gasteiger charge is -2.29. The fourth-order valence-electron chi connectivity index (χ4n) is 2.68. The fraction of sp³-hybridized carbons (Fsp3) is 0.562. The lowest BCUT2D eigenvalue weighted by Crippen LogP contribution is -2.43. The summed E-state index contributed by atoms with van der Waals surface area (Å²) in [4.78, 5) is 11.5. The molecule has 1 aliphatic rings. The van der Waals surface area contributed by atoms with Crippen molar-refractivity contribution in [3.05, 3.63) is 29.8 Å². The van der Waals surface area contributed by atoms with Crippen LogP contribution in [-0.2, 0) is 11.2 Å². The number of hydrogen-bond acceptors (Lipinski definition) is 2. The summed E-state index contributed by atoms with van der Waals surface area (Å²) in [6.45, 7) is 6.20. The average molecular weight is 261 g/mol. The number of para-hydroxylation sites is 1. The maximum Gasteiger partial charge on any atom is 0.220 e. The van der Waals surface area contributed by atoms with Gasteiger partial charge in [-0.3, -0.25) is 4.79 Å². The largest absolute Gasteiger partial charge is 0.491 e. The monoisotopic (exact) mass is 261 g/mol. The van der Waals surface area contributed by atoms with Gasteiger partial charge in [0.15, 0.2) is 0 Å². The van der Waals surface area contributed by atoms with Gasteiger partial charge < -0.3 is 10.1 Å². The van der Waals surface area contributed by atoms with Gasteiger partial charge in [-0.25, -0.2) is 0 Å². The topological polar surface area (TPSA) is 38.3 Å². The third kappa shape index (κ3) is 3.28. The quantitative estimate of drug-likeness (QED) is 0.884. The smallest absolute Gasteiger partial charge is 0.220 e. The van der Waals surface area contributed by atoms with E-state index in [0.717, 1.165) is 25.0 Å². The van der Waals surface area contributed by atoms with Crippen molar-refractivity contribution in [2.75, 3.05) is 0 Å². The Hall–Kier alpha value is -1.51. The Kier molecular flexibility index (Phi) is 4.13. The van der Waals surface area contributed by atoms with E-state index in [4.69, 9.17) is 4.74 Å². The van der Waals surface area contributed by atoms with Crippen LogP contribution in [-0.4, -0.2) is 17.6 Å². The summed E-state index contributed by atoms with van der Waals surface area (Å²) >= 11 is 0. The summed E-state index contributed by atoms with van der Waals surface area (Å²) < 4.78 is 5.86. The molecule has 1 fully saturated rings. The summed E-state index contributed by atoms with van der Waals surface area (Å²) in [5.74, 6) is 1.11. The second kappa shape index (κ2) is 5.64. The molecule has 0 aliphatic carbocycles. The van der Waals surface area contributed by atoms with Crippen LogP contribution in [0.3, 0.4) is 0 Å². The lowest BCUT2D eigenvalue weighted by atomic mass is 9.86. The fourth-order valence-corrected chi connectivity index (χ4v) is 2.68. The van der Waals surface area contributed by atoms with Crippen LogP contribution in [0.2, 0.25) is 0 Å². The zero-order chi connectivity index (χ0) is 13.9. The van der Waals surface area contributed by atoms with Crippen molar-refractivity contribution in [2.24, 2.45) is 0 Å². The molecule has 3 heteroatoms. The van der Waals surface area contributed by atoms with E-state index < -0.39 is 0 Å². The van der Waals surface area contributed by atoms with Gasteiger partial charge in [-0.1, -0.05) is 25.1 Å². The third-order valence-corrected chi connectivity index (χ3v) is 3.78. The highest BCUT2D eigenvalue weighted by Crippen LogP contribution is 2.31. The van der Waals surface area contributed by atoms with Gasteiger partial charge in [-0.05, 0) is 44.7 Å². The molecule has 1 unspecified atom stereocenters. The second-order valence-electron chi connectivity index (χ2n) is 5.63. The minimum absolute atomic E-state index is 0.0898. The molecule has 19 heavy (non-hydrogen) atoms. The van der Waals surface area contributed by atoms with Crippen molar-refractivity contribution in [3.63, 3.8) is 0 Å². The Morgan fingerprint density at radius 1 is 1.37 bits per heavy atom. The molecule has 1 atom stereocenters. The number of ether oxygens (including phenoxy) is 1. The van der Waals surface area contributed by atoms with Gasteiger partial charge in [0.25, 0.3) is 0 Å². The van der Waals surface area contributed by atoms with Crippen LogP contribution in [0.1, 0.15) is 45.6 Å². The van der Waals surface area contributed by atoms with E-state index in [1.54, 1.807) is 0 Å². The van der Waals surface area contributed by atoms with E-state index in [9.17, 15) is 4.79 Å². The summed E-state index contributed by atoms with van der Waals surface area (Å²) in [6, 6.07) is 8.13. The minimum atomic E-state index is -0.0898. The van der Waals surface area contributed by atoms with Gasteiger partial charge in [-0.2, -0.15) is 0 Å². The standard InChI is InChI=1S/C16H23NO2/c1-4-16(10-9-15(18)17-16)11-13-7-5-6-8-14(13)19-12(2)3/h5-8,12H,4,9-11H2,1-3H3,(H,17,18). The molecular formula is C16H23NO2. The van der Waals surface area contributed by atoms with E-state index in [1.165, 1.54) is 5.56 Å². The zero-order valence-electron chi connectivity index (χ0n) is 12.0. The summed E-state index contributed by atoms with van der Waals surface area (Å²) in [6.07, 6.45) is 3.52. The summed E-state index contributed by atoms with van der Waals surface area (Å²) in [7, 11) is 0. The number of benzene rings is 1. The molecule has 0 aromatic heterocycles. The Bertz CT molecular complexity index is 456. The number of hydrogen-bond donors (Lipinski definition) is 1. The third-order valence-electron chi connectivity index (χ3n) is 3.78. The van der Waals surface area contributed by atoms with Crippen molar-refractivity contribution in [2.45, 2.75) is 58.1 Å². The molecule has 104 valence electrons. The maximum atomic E-state index is 11.5. The van der Waals surface area contributed by atoms with Crippen molar-refractivity contribution >= 4 is 5.91 Å². The molecule has 1 N–H and O–H groups in total. The van der Waals surface area contributed by atoms with Crippen LogP contribution in [0.15, 0.2) is 24.3 Å². The van der Waals surface area contributed by atoms with E-state index in [-0.39, 0.29) is 17.6 Å². The number of carbonyl (C=O) groups excluding carboxylic acids is 1. The Balaban J connectivity index is 2.20. The molecule has 1 aromatic rings. The molecule has 1 amide bonds. The van der Waals surface area contributed by atoms with E-state index in [0.29, 0.717) is 6.42 Å². The second-order valence-corrected chi connectivity index (χ2v) is 5.63. The molecule has 1 aliphatic heterocycles. The van der Waals surface area contributed by atoms with Crippen molar-refractivity contribution in [1.29, 1.82) is 0 Å². The van der Waals surface area contributed by atoms with Crippen molar-refractivity contribution in [1.82, 2.24) is 5.32 Å². The van der Waals surface area contributed by atoms with Crippen LogP contribution in [0.5, 0.6) is 5.75 Å². The van der Waals surface area contributed by atoms with Gasteiger partial charge in [0.2, 0.25) is 5.91 Å². The molecule has 1 saturated heterocycles. The van der Waals surface area contributed by atoms with Crippen LogP contribution >= 0.6 is 0 Å². The highest BCUT2D eigenvalue weighted by molar-refractivity contribution is 5.79. The molecule has 1 aromatic carbocycles. The van der Waals surface area contributed by atoms with Gasteiger partial charge >= 0.3 is 0 Å². The Morgan fingerprint density at radius 2 is 2.11 bits per heavy atom. The number of carbonyl (C=O) groups is 1. The molecule has 0 bridgehead atoms. The predicted molar refractivity (Wildman–Crippen MR) is 76.3 cm³/mol. The van der Waals surface area contributed by atoms with E-state index in [1.807, 2.05) is 32.0 Å². The molecule has 1 heterocycles. The highest BCUT2D eigenvalue weighted by atomic mass is 16.5. The summed E-state index contributed by atoms with van der Waals surface area (Å²) in [5.41, 5.74) is 1.09. The zero-order valence-corrected chi connectivity index (χ0v) is 12.0. The number of rotatable bonds is 5. The average Bonchev–Trinajstić information content (AvgIpc) is 2.73. The SMILES string of the molecule is CCC1(Cc2ccccc2OC(C)C)CCC(=O)N1. The van der Waals surface area contributed by atoms with Crippen LogP contribution in [0, 0.1) is 0 Å². The van der Waals surface area contributed by atoms with E-state index in [2.05, 4.69) is 18.3 Å². The van der Waals surface area contributed by atoms with Gasteiger partial charge in [0.05, 0.1) is 6.10 Å². The van der Waals surface area contributed by atoms with Gasteiger partial charge in [-0.15, -0.1) is 0 Å². The first-order chi connectivity index (χ1) is 9.04. The highest BCUT2D eigenvalue weighted by Gasteiger charge is 2.36. The first-order valence-electron chi connectivity index (χ1n) is 7.10. The minimum Gasteiger partial charge on any atom is -0.491 e.